The van der Waals surface area contributed by atoms with Gasteiger partial charge in [-0.15, -0.1) is 0 Å². The van der Waals surface area contributed by atoms with E-state index < -0.39 is 0 Å². The van der Waals surface area contributed by atoms with Gasteiger partial charge in [0.25, 0.3) is 0 Å². The normalized spacial score (nSPS) is 26.1. The first-order chi connectivity index (χ1) is 10.3. The predicted octanol–water partition coefficient (Wildman–Crippen LogP) is 0.323. The quantitative estimate of drug-likeness (QED) is 0.735. The van der Waals surface area contributed by atoms with Crippen LogP contribution in [0.3, 0.4) is 0 Å². The Morgan fingerprint density at radius 3 is 3.00 bits per heavy atom. The largest absolute Gasteiger partial charge is 0.352 e. The maximum Gasteiger partial charge on any atom is 0.209 e. The van der Waals surface area contributed by atoms with Crippen molar-refractivity contribution in [3.05, 3.63) is 11.8 Å². The molecule has 0 radical (unpaired) electrons. The number of carbonyl (C=O) groups excluding carboxylic acids is 1. The highest BCUT2D eigenvalue weighted by molar-refractivity contribution is 6.05. The first-order valence-corrected chi connectivity index (χ1v) is 7.60. The molecule has 3 heterocycles. The topological polar surface area (TPSA) is 72.3 Å². The van der Waals surface area contributed by atoms with E-state index in [1.807, 2.05) is 24.9 Å². The van der Waals surface area contributed by atoms with Crippen LogP contribution in [0.5, 0.6) is 0 Å². The van der Waals surface area contributed by atoms with E-state index >= 15 is 0 Å². The zero-order chi connectivity index (χ0) is 15.2. The molecule has 7 heteroatoms. The number of rotatable bonds is 3. The lowest BCUT2D eigenvalue weighted by atomic mass is 10.1. The molecule has 0 saturated carbocycles. The molecule has 21 heavy (non-hydrogen) atoms. The van der Waals surface area contributed by atoms with Gasteiger partial charge in [0.05, 0.1) is 5.57 Å². The molecule has 0 aromatic heterocycles. The number of carbonyl (C=O) groups is 1. The molecular weight excluding hydrogens is 268 g/mol. The molecule has 0 bridgehead atoms. The second kappa shape index (κ2) is 7.21. The number of fused-ring (bicyclic) bond motifs is 1. The molecule has 1 amide bonds. The standard InChI is InChI=1S/C12H18N6O.C2H6/c1-2-18(9-3-4-17(6-9)8-19)12-10-5-15-16-11(10)13-7-14-12;1-2/h5,7-9,11,15-16H,2-4,6H2,1H3;1-2H3. The molecule has 2 atom stereocenters. The molecule has 116 valence electrons. The van der Waals surface area contributed by atoms with E-state index in [0.29, 0.717) is 6.04 Å². The number of amides is 1. The minimum atomic E-state index is -0.0508. The molecule has 0 aromatic carbocycles. The van der Waals surface area contributed by atoms with Crippen molar-refractivity contribution in [1.82, 2.24) is 20.7 Å². The molecule has 0 aromatic rings. The van der Waals surface area contributed by atoms with Crippen LogP contribution < -0.4 is 10.9 Å². The molecule has 0 aliphatic carbocycles. The third kappa shape index (κ3) is 3.07. The van der Waals surface area contributed by atoms with Crippen molar-refractivity contribution in [2.45, 2.75) is 39.4 Å². The van der Waals surface area contributed by atoms with Crippen LogP contribution in [-0.4, -0.2) is 60.2 Å². The van der Waals surface area contributed by atoms with Crippen LogP contribution >= 0.6 is 0 Å². The second-order valence-corrected chi connectivity index (χ2v) is 4.84. The van der Waals surface area contributed by atoms with Crippen molar-refractivity contribution in [3.63, 3.8) is 0 Å². The van der Waals surface area contributed by atoms with Gasteiger partial charge in [-0.2, -0.15) is 0 Å². The Hall–Kier alpha value is -1.89. The minimum Gasteiger partial charge on any atom is -0.352 e. The van der Waals surface area contributed by atoms with Gasteiger partial charge < -0.3 is 15.2 Å². The number of nitrogens with zero attached hydrogens (tertiary/aromatic N) is 4. The molecule has 3 aliphatic heterocycles. The van der Waals surface area contributed by atoms with Crippen molar-refractivity contribution in [2.75, 3.05) is 19.6 Å². The van der Waals surface area contributed by atoms with Gasteiger partial charge in [-0.25, -0.2) is 15.4 Å². The first kappa shape index (κ1) is 15.5. The molecule has 2 unspecified atom stereocenters. The first-order valence-electron chi connectivity index (χ1n) is 7.60. The van der Waals surface area contributed by atoms with Crippen molar-refractivity contribution in [2.24, 2.45) is 9.98 Å². The number of hydrazine groups is 1. The molecule has 0 spiro atoms. The summed E-state index contributed by atoms with van der Waals surface area (Å²) >= 11 is 0. The molecule has 3 rings (SSSR count). The third-order valence-corrected chi connectivity index (χ3v) is 3.79. The Morgan fingerprint density at radius 2 is 2.33 bits per heavy atom. The van der Waals surface area contributed by atoms with Gasteiger partial charge >= 0.3 is 0 Å². The number of nitrogens with one attached hydrogen (secondary N) is 2. The zero-order valence-electron chi connectivity index (χ0n) is 12.9. The van der Waals surface area contributed by atoms with Crippen LogP contribution in [0.2, 0.25) is 0 Å². The highest BCUT2D eigenvalue weighted by Gasteiger charge is 2.33. The van der Waals surface area contributed by atoms with Gasteiger partial charge in [0.1, 0.15) is 18.3 Å². The van der Waals surface area contributed by atoms with Gasteiger partial charge in [-0.3, -0.25) is 4.79 Å². The summed E-state index contributed by atoms with van der Waals surface area (Å²) in [7, 11) is 0. The van der Waals surface area contributed by atoms with Crippen molar-refractivity contribution >= 4 is 18.6 Å². The van der Waals surface area contributed by atoms with E-state index in [-0.39, 0.29) is 6.17 Å². The van der Waals surface area contributed by atoms with Crippen LogP contribution in [0.4, 0.5) is 0 Å². The lowest BCUT2D eigenvalue weighted by molar-refractivity contribution is -0.117. The Bertz CT molecular complexity index is 458. The summed E-state index contributed by atoms with van der Waals surface area (Å²) in [6, 6.07) is 0.336. The summed E-state index contributed by atoms with van der Waals surface area (Å²) < 4.78 is 0. The highest BCUT2D eigenvalue weighted by atomic mass is 16.1. The monoisotopic (exact) mass is 292 g/mol. The summed E-state index contributed by atoms with van der Waals surface area (Å²) in [5, 5.41) is 0. The lowest BCUT2D eigenvalue weighted by Gasteiger charge is -2.32. The van der Waals surface area contributed by atoms with Gasteiger partial charge in [0, 0.05) is 31.9 Å². The summed E-state index contributed by atoms with van der Waals surface area (Å²) in [6.45, 7) is 8.58. The minimum absolute atomic E-state index is 0.0508. The van der Waals surface area contributed by atoms with Crippen LogP contribution in [-0.2, 0) is 4.79 Å². The van der Waals surface area contributed by atoms with Gasteiger partial charge in [0.15, 0.2) is 0 Å². The molecule has 1 fully saturated rings. The number of hydrogen-bond donors (Lipinski definition) is 2. The number of amidine groups is 1. The van der Waals surface area contributed by atoms with E-state index in [0.717, 1.165) is 43.9 Å². The van der Waals surface area contributed by atoms with Crippen LogP contribution in [0.1, 0.15) is 27.2 Å². The molecular formula is C14H24N6O. The summed E-state index contributed by atoms with van der Waals surface area (Å²) in [6.07, 6.45) is 5.38. The maximum atomic E-state index is 10.8. The number of hydrogen-bond acceptors (Lipinski definition) is 6. The van der Waals surface area contributed by atoms with Crippen molar-refractivity contribution in [1.29, 1.82) is 0 Å². The fraction of sp³-hybridized carbons (Fsp3) is 0.643. The van der Waals surface area contributed by atoms with Crippen LogP contribution in [0, 0.1) is 0 Å². The fourth-order valence-corrected chi connectivity index (χ4v) is 2.83. The molecule has 2 N–H and O–H groups in total. The second-order valence-electron chi connectivity index (χ2n) is 4.84. The summed E-state index contributed by atoms with van der Waals surface area (Å²) in [4.78, 5) is 23.6. The average Bonchev–Trinajstić information content (AvgIpc) is 3.19. The fourth-order valence-electron chi connectivity index (χ4n) is 2.83. The van der Waals surface area contributed by atoms with E-state index in [4.69, 9.17) is 0 Å². The van der Waals surface area contributed by atoms with Gasteiger partial charge in [-0.1, -0.05) is 13.8 Å². The van der Waals surface area contributed by atoms with Crippen molar-refractivity contribution in [3.8, 4) is 0 Å². The average molecular weight is 292 g/mol. The van der Waals surface area contributed by atoms with E-state index in [1.165, 1.54) is 0 Å². The molecule has 3 aliphatic rings. The van der Waals surface area contributed by atoms with E-state index in [1.54, 1.807) is 6.34 Å². The Balaban J connectivity index is 0.000000774. The Kier molecular flexibility index (Phi) is 5.32. The summed E-state index contributed by atoms with van der Waals surface area (Å²) in [5.74, 6) is 0.956. The van der Waals surface area contributed by atoms with Crippen molar-refractivity contribution < 1.29 is 4.79 Å². The maximum absolute atomic E-state index is 10.8. The predicted molar refractivity (Wildman–Crippen MR) is 83.8 cm³/mol. The van der Waals surface area contributed by atoms with Gasteiger partial charge in [-0.05, 0) is 13.3 Å². The van der Waals surface area contributed by atoms with Crippen LogP contribution in [0.15, 0.2) is 21.8 Å². The number of aliphatic imine (C=N–C) groups is 2. The molecule has 1 saturated heterocycles. The number of likely N-dealkylation sites (N-methyl/N-ethyl adjacent to an activating group) is 1. The summed E-state index contributed by atoms with van der Waals surface area (Å²) in [5.41, 5.74) is 7.11. The third-order valence-electron chi connectivity index (χ3n) is 3.79. The smallest absolute Gasteiger partial charge is 0.209 e. The molecule has 7 nitrogen and oxygen atoms in total. The van der Waals surface area contributed by atoms with Gasteiger partial charge in [0.2, 0.25) is 6.41 Å². The Morgan fingerprint density at radius 1 is 1.52 bits per heavy atom. The van der Waals surface area contributed by atoms with E-state index in [9.17, 15) is 4.79 Å². The van der Waals surface area contributed by atoms with Crippen LogP contribution in [0.25, 0.3) is 0 Å². The SMILES string of the molecule is CC.CCN(C1=NC=NC2NNC=C12)C1CCN(C=O)C1. The Labute approximate surface area is 125 Å². The van der Waals surface area contributed by atoms with E-state index in [2.05, 4.69) is 32.7 Å². The zero-order valence-corrected chi connectivity index (χ0v) is 12.9. The number of likely N-dealkylation sites (tertiary alicyclic amines) is 1. The lowest BCUT2D eigenvalue weighted by Crippen LogP contribution is -2.45. The highest BCUT2D eigenvalue weighted by Crippen LogP contribution is 2.21.